The number of anilines is 1. The lowest BCUT2D eigenvalue weighted by Crippen LogP contribution is -2.43. The Kier molecular flexibility index (Phi) is 6.52. The minimum atomic E-state index is 0.171. The Morgan fingerprint density at radius 1 is 1.21 bits per heavy atom. The number of hydrogen-bond donors (Lipinski definition) is 0. The lowest BCUT2D eigenvalue weighted by Gasteiger charge is -2.34. The largest absolute Gasteiger partial charge is 0.347 e. The Labute approximate surface area is 172 Å². The van der Waals surface area contributed by atoms with Crippen molar-refractivity contribution in [1.82, 2.24) is 19.8 Å². The SMILES string of the molecule is CN(C)CC(=O)N1CCCC(c2nc(N(C)C)ncc2-c2ccc(Cl)cc2)C1. The van der Waals surface area contributed by atoms with Gasteiger partial charge in [-0.1, -0.05) is 23.7 Å². The number of hydrogen-bond acceptors (Lipinski definition) is 5. The summed E-state index contributed by atoms with van der Waals surface area (Å²) in [6, 6.07) is 7.76. The van der Waals surface area contributed by atoms with Crippen LogP contribution in [0.25, 0.3) is 11.1 Å². The third kappa shape index (κ3) is 4.80. The van der Waals surface area contributed by atoms with E-state index in [1.807, 2.05) is 73.4 Å². The monoisotopic (exact) mass is 401 g/mol. The number of rotatable bonds is 5. The first-order chi connectivity index (χ1) is 13.3. The van der Waals surface area contributed by atoms with Crippen molar-refractivity contribution in [2.75, 3.05) is 52.7 Å². The highest BCUT2D eigenvalue weighted by atomic mass is 35.5. The maximum absolute atomic E-state index is 12.6. The Bertz CT molecular complexity index is 822. The van der Waals surface area contributed by atoms with Gasteiger partial charge in [0, 0.05) is 49.9 Å². The molecule has 6 nitrogen and oxygen atoms in total. The van der Waals surface area contributed by atoms with Gasteiger partial charge in [-0.15, -0.1) is 0 Å². The molecule has 2 aromatic rings. The van der Waals surface area contributed by atoms with Crippen molar-refractivity contribution in [2.45, 2.75) is 18.8 Å². The summed E-state index contributed by atoms with van der Waals surface area (Å²) in [6.45, 7) is 1.94. The number of likely N-dealkylation sites (tertiary alicyclic amines) is 1. The van der Waals surface area contributed by atoms with Gasteiger partial charge in [0.2, 0.25) is 11.9 Å². The molecule has 0 N–H and O–H groups in total. The minimum absolute atomic E-state index is 0.171. The van der Waals surface area contributed by atoms with Crippen molar-refractivity contribution in [3.63, 3.8) is 0 Å². The molecule has 7 heteroatoms. The Balaban J connectivity index is 1.95. The van der Waals surface area contributed by atoms with Crippen LogP contribution in [0.15, 0.2) is 30.5 Å². The topological polar surface area (TPSA) is 52.6 Å². The summed E-state index contributed by atoms with van der Waals surface area (Å²) < 4.78 is 0. The van der Waals surface area contributed by atoms with Crippen LogP contribution in [-0.2, 0) is 4.79 Å². The summed E-state index contributed by atoms with van der Waals surface area (Å²) in [6.07, 6.45) is 3.88. The molecule has 1 saturated heterocycles. The average Bonchev–Trinajstić information content (AvgIpc) is 2.67. The van der Waals surface area contributed by atoms with E-state index in [0.29, 0.717) is 24.1 Å². The third-order valence-electron chi connectivity index (χ3n) is 4.97. The van der Waals surface area contributed by atoms with Crippen LogP contribution in [0.1, 0.15) is 24.5 Å². The quantitative estimate of drug-likeness (QED) is 0.770. The summed E-state index contributed by atoms with van der Waals surface area (Å²) in [4.78, 5) is 27.8. The number of carbonyl (C=O) groups excluding carboxylic acids is 1. The molecular formula is C21H28ClN5O. The van der Waals surface area contributed by atoms with Crippen LogP contribution in [0.5, 0.6) is 0 Å². The number of nitrogens with zero attached hydrogens (tertiary/aromatic N) is 5. The summed E-state index contributed by atoms with van der Waals surface area (Å²) in [5, 5.41) is 0.703. The van der Waals surface area contributed by atoms with E-state index in [4.69, 9.17) is 16.6 Å². The number of aromatic nitrogens is 2. The normalized spacial score (nSPS) is 17.1. The van der Waals surface area contributed by atoms with Crippen LogP contribution in [0, 0.1) is 0 Å². The van der Waals surface area contributed by atoms with Crippen LogP contribution in [0.3, 0.4) is 0 Å². The molecule has 1 aromatic heterocycles. The molecule has 1 aliphatic heterocycles. The number of benzene rings is 1. The maximum atomic E-state index is 12.6. The summed E-state index contributed by atoms with van der Waals surface area (Å²) in [5.41, 5.74) is 3.05. The molecule has 0 bridgehead atoms. The number of piperidine rings is 1. The predicted molar refractivity (Wildman–Crippen MR) is 114 cm³/mol. The highest BCUT2D eigenvalue weighted by Gasteiger charge is 2.28. The summed E-state index contributed by atoms with van der Waals surface area (Å²) in [5.74, 6) is 1.04. The molecule has 1 fully saturated rings. The van der Waals surface area contributed by atoms with Crippen molar-refractivity contribution in [3.05, 3.63) is 41.2 Å². The number of halogens is 1. The molecule has 1 atom stereocenters. The molecule has 1 amide bonds. The average molecular weight is 402 g/mol. The molecule has 0 radical (unpaired) electrons. The predicted octanol–water partition coefficient (Wildman–Crippen LogP) is 3.13. The van der Waals surface area contributed by atoms with Gasteiger partial charge < -0.3 is 14.7 Å². The summed E-state index contributed by atoms with van der Waals surface area (Å²) >= 11 is 6.06. The number of amides is 1. The van der Waals surface area contributed by atoms with Crippen molar-refractivity contribution in [1.29, 1.82) is 0 Å². The molecule has 0 aliphatic carbocycles. The number of carbonyl (C=O) groups is 1. The van der Waals surface area contributed by atoms with Gasteiger partial charge in [-0.3, -0.25) is 4.79 Å². The molecule has 1 aliphatic rings. The van der Waals surface area contributed by atoms with Crippen LogP contribution < -0.4 is 4.90 Å². The zero-order chi connectivity index (χ0) is 20.3. The van der Waals surface area contributed by atoms with Crippen LogP contribution in [0.4, 0.5) is 5.95 Å². The summed E-state index contributed by atoms with van der Waals surface area (Å²) in [7, 11) is 7.72. The fourth-order valence-corrected chi connectivity index (χ4v) is 3.69. The van der Waals surface area contributed by atoms with E-state index in [0.717, 1.165) is 36.2 Å². The Morgan fingerprint density at radius 3 is 2.57 bits per heavy atom. The van der Waals surface area contributed by atoms with E-state index >= 15 is 0 Å². The van der Waals surface area contributed by atoms with E-state index in [2.05, 4.69) is 4.98 Å². The van der Waals surface area contributed by atoms with Gasteiger partial charge in [0.15, 0.2) is 0 Å². The first kappa shape index (κ1) is 20.6. The highest BCUT2D eigenvalue weighted by Crippen LogP contribution is 2.34. The maximum Gasteiger partial charge on any atom is 0.236 e. The molecule has 3 rings (SSSR count). The highest BCUT2D eigenvalue weighted by molar-refractivity contribution is 6.30. The van der Waals surface area contributed by atoms with E-state index in [-0.39, 0.29) is 11.8 Å². The van der Waals surface area contributed by atoms with Gasteiger partial charge in [-0.2, -0.15) is 0 Å². The standard InChI is InChI=1S/C21H28ClN5O/c1-25(2)14-19(28)27-11-5-6-16(13-27)20-18(12-23-21(24-20)26(3)4)15-7-9-17(22)10-8-15/h7-10,12,16H,5-6,11,13-14H2,1-4H3. The van der Waals surface area contributed by atoms with Gasteiger partial charge in [0.25, 0.3) is 0 Å². The molecule has 0 spiro atoms. The Hall–Kier alpha value is -2.18. The lowest BCUT2D eigenvalue weighted by atomic mass is 9.90. The molecule has 1 aromatic carbocycles. The van der Waals surface area contributed by atoms with E-state index in [1.54, 1.807) is 0 Å². The van der Waals surface area contributed by atoms with E-state index in [1.165, 1.54) is 0 Å². The second-order valence-corrected chi connectivity index (χ2v) is 8.22. The molecule has 0 saturated carbocycles. The zero-order valence-corrected chi connectivity index (χ0v) is 17.8. The molecule has 28 heavy (non-hydrogen) atoms. The van der Waals surface area contributed by atoms with Gasteiger partial charge in [0.05, 0.1) is 12.2 Å². The van der Waals surface area contributed by atoms with Crippen LogP contribution >= 0.6 is 11.6 Å². The van der Waals surface area contributed by atoms with E-state index in [9.17, 15) is 4.79 Å². The minimum Gasteiger partial charge on any atom is -0.347 e. The lowest BCUT2D eigenvalue weighted by molar-refractivity contribution is -0.133. The van der Waals surface area contributed by atoms with Crippen molar-refractivity contribution in [3.8, 4) is 11.1 Å². The second-order valence-electron chi connectivity index (χ2n) is 7.79. The van der Waals surface area contributed by atoms with Crippen LogP contribution in [0.2, 0.25) is 5.02 Å². The van der Waals surface area contributed by atoms with Gasteiger partial charge >= 0.3 is 0 Å². The fraction of sp³-hybridized carbons (Fsp3) is 0.476. The smallest absolute Gasteiger partial charge is 0.236 e. The van der Waals surface area contributed by atoms with Gasteiger partial charge in [0.1, 0.15) is 0 Å². The van der Waals surface area contributed by atoms with Crippen molar-refractivity contribution >= 4 is 23.5 Å². The molecule has 1 unspecified atom stereocenters. The third-order valence-corrected chi connectivity index (χ3v) is 5.23. The van der Waals surface area contributed by atoms with Crippen molar-refractivity contribution < 1.29 is 4.79 Å². The first-order valence-corrected chi connectivity index (χ1v) is 9.95. The zero-order valence-electron chi connectivity index (χ0n) is 17.0. The van der Waals surface area contributed by atoms with Crippen molar-refractivity contribution in [2.24, 2.45) is 0 Å². The van der Waals surface area contributed by atoms with Gasteiger partial charge in [-0.05, 0) is 44.6 Å². The fourth-order valence-electron chi connectivity index (χ4n) is 3.56. The van der Waals surface area contributed by atoms with Crippen LogP contribution in [-0.4, -0.2) is 73.5 Å². The molecule has 150 valence electrons. The first-order valence-electron chi connectivity index (χ1n) is 9.58. The van der Waals surface area contributed by atoms with Gasteiger partial charge in [-0.25, -0.2) is 9.97 Å². The molecular weight excluding hydrogens is 374 g/mol. The number of likely N-dealkylation sites (N-methyl/N-ethyl adjacent to an activating group) is 1. The Morgan fingerprint density at radius 2 is 1.93 bits per heavy atom. The van der Waals surface area contributed by atoms with E-state index < -0.39 is 0 Å². The second kappa shape index (κ2) is 8.88. The molecule has 2 heterocycles.